The van der Waals surface area contributed by atoms with E-state index in [2.05, 4.69) is 10.3 Å². The van der Waals surface area contributed by atoms with Gasteiger partial charge >= 0.3 is 5.69 Å². The van der Waals surface area contributed by atoms with Crippen LogP contribution in [0.2, 0.25) is 0 Å². The van der Waals surface area contributed by atoms with E-state index in [4.69, 9.17) is 0 Å². The van der Waals surface area contributed by atoms with Crippen LogP contribution in [0, 0.1) is 15.9 Å². The second-order valence-corrected chi connectivity index (χ2v) is 6.01. The minimum atomic E-state index is -0.887. The molecule has 0 spiro atoms. The highest BCUT2D eigenvalue weighted by Gasteiger charge is 2.19. The molecule has 0 aliphatic heterocycles. The number of benzene rings is 2. The highest BCUT2D eigenvalue weighted by molar-refractivity contribution is 6.05. The number of pyridine rings is 1. The summed E-state index contributed by atoms with van der Waals surface area (Å²) < 4.78 is 13.7. The fourth-order valence-corrected chi connectivity index (χ4v) is 2.68. The second kappa shape index (κ2) is 8.26. The van der Waals surface area contributed by atoms with E-state index >= 15 is 0 Å². The van der Waals surface area contributed by atoms with Gasteiger partial charge < -0.3 is 10.2 Å². The van der Waals surface area contributed by atoms with Crippen molar-refractivity contribution in [2.75, 3.05) is 17.3 Å². The Hall–Kier alpha value is -3.81. The van der Waals surface area contributed by atoms with Crippen LogP contribution in [-0.4, -0.2) is 22.9 Å². The van der Waals surface area contributed by atoms with Crippen LogP contribution in [0.4, 0.5) is 21.5 Å². The van der Waals surface area contributed by atoms with Gasteiger partial charge in [0.05, 0.1) is 4.92 Å². The van der Waals surface area contributed by atoms with E-state index in [9.17, 15) is 19.3 Å². The van der Waals surface area contributed by atoms with Gasteiger partial charge in [-0.2, -0.15) is 4.39 Å². The summed E-state index contributed by atoms with van der Waals surface area (Å²) in [7, 11) is 1.67. The largest absolute Gasteiger partial charge is 0.375 e. The molecular formula is C20H17FN4O3. The number of carbonyl (C=O) groups excluding carboxylic acids is 1. The number of halogens is 1. The third kappa shape index (κ3) is 4.12. The molecule has 1 aromatic heterocycles. The van der Waals surface area contributed by atoms with Gasteiger partial charge in [-0.1, -0.05) is 18.2 Å². The van der Waals surface area contributed by atoms with E-state index in [1.807, 2.05) is 0 Å². The van der Waals surface area contributed by atoms with Crippen molar-refractivity contribution in [3.63, 3.8) is 0 Å². The third-order valence-electron chi connectivity index (χ3n) is 4.21. The quantitative estimate of drug-likeness (QED) is 0.515. The van der Waals surface area contributed by atoms with E-state index in [0.29, 0.717) is 11.3 Å². The summed E-state index contributed by atoms with van der Waals surface area (Å²) in [6.07, 6.45) is 3.11. The Morgan fingerprint density at radius 2 is 1.82 bits per heavy atom. The Balaban J connectivity index is 1.69. The average molecular weight is 380 g/mol. The third-order valence-corrected chi connectivity index (χ3v) is 4.21. The molecule has 3 aromatic rings. The molecule has 0 bridgehead atoms. The van der Waals surface area contributed by atoms with Gasteiger partial charge in [-0.15, -0.1) is 0 Å². The number of nitro groups is 1. The molecule has 0 saturated carbocycles. The summed E-state index contributed by atoms with van der Waals surface area (Å²) in [5.74, 6) is -1.05. The Morgan fingerprint density at radius 3 is 2.46 bits per heavy atom. The Kier molecular flexibility index (Phi) is 5.59. The first kappa shape index (κ1) is 19.0. The number of nitro benzene ring substituents is 1. The molecule has 0 saturated heterocycles. The number of nitrogens with zero attached hydrogens (tertiary/aromatic N) is 3. The molecule has 0 fully saturated rings. The number of rotatable bonds is 6. The molecule has 0 radical (unpaired) electrons. The van der Waals surface area contributed by atoms with Crippen molar-refractivity contribution in [3.05, 3.63) is 94.0 Å². The number of para-hydroxylation sites is 1. The van der Waals surface area contributed by atoms with Crippen LogP contribution in [0.15, 0.2) is 67.0 Å². The van der Waals surface area contributed by atoms with Gasteiger partial charge in [-0.25, -0.2) is 0 Å². The first-order valence-corrected chi connectivity index (χ1v) is 8.41. The maximum absolute atomic E-state index is 13.7. The maximum atomic E-state index is 13.7. The molecule has 1 amide bonds. The molecule has 2 aromatic carbocycles. The highest BCUT2D eigenvalue weighted by atomic mass is 19.1. The number of anilines is 2. The number of carbonyl (C=O) groups is 1. The number of amides is 1. The van der Waals surface area contributed by atoms with Crippen LogP contribution in [0.5, 0.6) is 0 Å². The zero-order chi connectivity index (χ0) is 20.1. The average Bonchev–Trinajstić information content (AvgIpc) is 2.72. The van der Waals surface area contributed by atoms with Crippen molar-refractivity contribution in [1.82, 2.24) is 4.98 Å². The molecule has 0 aliphatic rings. The molecule has 0 unspecified atom stereocenters. The van der Waals surface area contributed by atoms with Crippen LogP contribution in [0.25, 0.3) is 0 Å². The van der Waals surface area contributed by atoms with Crippen molar-refractivity contribution in [2.24, 2.45) is 0 Å². The lowest BCUT2D eigenvalue weighted by molar-refractivity contribution is -0.386. The number of nitrogens with one attached hydrogen (secondary N) is 1. The lowest BCUT2D eigenvalue weighted by Crippen LogP contribution is -2.26. The van der Waals surface area contributed by atoms with Crippen LogP contribution in [-0.2, 0) is 6.54 Å². The zero-order valence-corrected chi connectivity index (χ0v) is 15.0. The fourth-order valence-electron chi connectivity index (χ4n) is 2.68. The molecule has 3 rings (SSSR count). The van der Waals surface area contributed by atoms with Crippen LogP contribution in [0.3, 0.4) is 0 Å². The summed E-state index contributed by atoms with van der Waals surface area (Å²) in [5, 5.41) is 13.9. The molecule has 1 N–H and O–H groups in total. The fraction of sp³-hybridized carbons (Fsp3) is 0.100. The molecular weight excluding hydrogens is 363 g/mol. The number of hydrogen-bond donors (Lipinski definition) is 1. The normalized spacial score (nSPS) is 10.4. The molecule has 1 heterocycles. The monoisotopic (exact) mass is 380 g/mol. The predicted molar refractivity (Wildman–Crippen MR) is 104 cm³/mol. The summed E-state index contributed by atoms with van der Waals surface area (Å²) in [4.78, 5) is 28.2. The maximum Gasteiger partial charge on any atom is 0.327 e. The predicted octanol–water partition coefficient (Wildman–Crippen LogP) is 4.02. The molecule has 142 valence electrons. The van der Waals surface area contributed by atoms with Gasteiger partial charge in [0.15, 0.2) is 0 Å². The zero-order valence-electron chi connectivity index (χ0n) is 15.0. The summed E-state index contributed by atoms with van der Waals surface area (Å²) in [5.41, 5.74) is 1.58. The van der Waals surface area contributed by atoms with Crippen LogP contribution < -0.4 is 10.2 Å². The van der Waals surface area contributed by atoms with Crippen molar-refractivity contribution < 1.29 is 14.1 Å². The molecule has 0 aliphatic carbocycles. The van der Waals surface area contributed by atoms with Gasteiger partial charge in [0.25, 0.3) is 5.91 Å². The van der Waals surface area contributed by atoms with E-state index in [1.54, 1.807) is 55.8 Å². The van der Waals surface area contributed by atoms with Crippen molar-refractivity contribution in [1.29, 1.82) is 0 Å². The minimum Gasteiger partial charge on any atom is -0.375 e. The lowest BCUT2D eigenvalue weighted by Gasteiger charge is -2.18. The number of hydrogen-bond acceptors (Lipinski definition) is 5. The van der Waals surface area contributed by atoms with E-state index in [-0.39, 0.29) is 18.1 Å². The van der Waals surface area contributed by atoms with Gasteiger partial charge in [0.1, 0.15) is 5.69 Å². The second-order valence-electron chi connectivity index (χ2n) is 6.01. The lowest BCUT2D eigenvalue weighted by atomic mass is 10.1. The first-order valence-electron chi connectivity index (χ1n) is 8.41. The van der Waals surface area contributed by atoms with Gasteiger partial charge in [0.2, 0.25) is 5.82 Å². The van der Waals surface area contributed by atoms with Crippen molar-refractivity contribution in [3.8, 4) is 0 Å². The first-order chi connectivity index (χ1) is 13.5. The van der Waals surface area contributed by atoms with E-state index < -0.39 is 16.4 Å². The van der Waals surface area contributed by atoms with Gasteiger partial charge in [-0.05, 0) is 42.0 Å². The molecule has 7 nitrogen and oxygen atoms in total. The topological polar surface area (TPSA) is 88.4 Å². The Bertz CT molecular complexity index is 994. The molecule has 0 atom stereocenters. The molecule has 8 heteroatoms. The summed E-state index contributed by atoms with van der Waals surface area (Å²) in [6, 6.07) is 14.3. The highest BCUT2D eigenvalue weighted by Crippen LogP contribution is 2.27. The summed E-state index contributed by atoms with van der Waals surface area (Å²) >= 11 is 0. The van der Waals surface area contributed by atoms with Gasteiger partial charge in [0, 0.05) is 37.2 Å². The van der Waals surface area contributed by atoms with E-state index in [0.717, 1.165) is 11.6 Å². The minimum absolute atomic E-state index is 0.110. The summed E-state index contributed by atoms with van der Waals surface area (Å²) in [6.45, 7) is 0.270. The van der Waals surface area contributed by atoms with E-state index in [1.165, 1.54) is 17.0 Å². The van der Waals surface area contributed by atoms with Crippen LogP contribution in [0.1, 0.15) is 15.9 Å². The SMILES string of the molecule is CN(C(=O)c1ccncc1)c1ccc(CNc2cccc(F)c2[N+](=O)[O-])cc1. The van der Waals surface area contributed by atoms with Crippen molar-refractivity contribution >= 4 is 23.0 Å². The van der Waals surface area contributed by atoms with Gasteiger partial charge in [-0.3, -0.25) is 19.9 Å². The Labute approximate surface area is 160 Å². The van der Waals surface area contributed by atoms with Crippen molar-refractivity contribution in [2.45, 2.75) is 6.54 Å². The smallest absolute Gasteiger partial charge is 0.327 e. The molecule has 28 heavy (non-hydrogen) atoms. The number of aromatic nitrogens is 1. The van der Waals surface area contributed by atoms with Crippen LogP contribution >= 0.6 is 0 Å². The standard InChI is InChI=1S/C20H17FN4O3/c1-24(20(26)15-9-11-22-12-10-15)16-7-5-14(6-8-16)13-23-18-4-2-3-17(21)19(18)25(27)28/h2-12,23H,13H2,1H3. The Morgan fingerprint density at radius 1 is 1.14 bits per heavy atom.